The molecule has 7 rings (SSSR count). The smallest absolute Gasteiger partial charge is 0.311 e. The van der Waals surface area contributed by atoms with E-state index in [0.717, 1.165) is 37.0 Å². The van der Waals surface area contributed by atoms with E-state index in [0.29, 0.717) is 33.1 Å². The molecule has 0 aliphatic heterocycles. The van der Waals surface area contributed by atoms with Gasteiger partial charge in [-0.1, -0.05) is 11.6 Å². The standard InChI is InChI=1S/C26H23ClFN7O2S/c1-2-37-26(36)18-12-3-5-13(6-4-12)20(18)33-24-19(28)22(16-8-7-14(9-29)38-16)34-23(35-24)15-10-30-25-21(15)32-17(27)11-31-25/h7-8,10-13,18,20H,2-6H2,1H3,(H,30,31)(H,33,34,35)/t12?,13?,18-,20-/m1/s1. The molecule has 4 aromatic rings. The van der Waals surface area contributed by atoms with E-state index in [1.807, 2.05) is 0 Å². The number of nitrogens with one attached hydrogen (secondary N) is 2. The number of halogens is 2. The van der Waals surface area contributed by atoms with Crippen LogP contribution in [0.5, 0.6) is 0 Å². The van der Waals surface area contributed by atoms with Crippen LogP contribution in [0, 0.1) is 34.9 Å². The zero-order chi connectivity index (χ0) is 26.4. The molecule has 4 heterocycles. The van der Waals surface area contributed by atoms with Crippen molar-refractivity contribution >= 4 is 45.9 Å². The summed E-state index contributed by atoms with van der Waals surface area (Å²) in [5.41, 5.74) is 1.50. The molecule has 0 radical (unpaired) electrons. The third-order valence-corrected chi connectivity index (χ3v) is 8.65. The van der Waals surface area contributed by atoms with Crippen LogP contribution in [0.25, 0.3) is 33.1 Å². The maximum Gasteiger partial charge on any atom is 0.311 e. The molecular formula is C26H23ClFN7O2S. The Morgan fingerprint density at radius 1 is 1.26 bits per heavy atom. The molecule has 38 heavy (non-hydrogen) atoms. The zero-order valence-electron chi connectivity index (χ0n) is 20.4. The molecule has 0 unspecified atom stereocenters. The van der Waals surface area contributed by atoms with E-state index in [1.165, 1.54) is 6.20 Å². The van der Waals surface area contributed by atoms with Crippen molar-refractivity contribution in [2.75, 3.05) is 11.9 Å². The van der Waals surface area contributed by atoms with Gasteiger partial charge in [0.05, 0.1) is 29.2 Å². The summed E-state index contributed by atoms with van der Waals surface area (Å²) in [6.45, 7) is 2.08. The molecule has 9 nitrogen and oxygen atoms in total. The fourth-order valence-corrected chi connectivity index (χ4v) is 6.70. The van der Waals surface area contributed by atoms with E-state index >= 15 is 4.39 Å². The van der Waals surface area contributed by atoms with Gasteiger partial charge in [-0.05, 0) is 56.6 Å². The van der Waals surface area contributed by atoms with Crippen molar-refractivity contribution < 1.29 is 13.9 Å². The lowest BCUT2D eigenvalue weighted by Crippen LogP contribution is -2.52. The van der Waals surface area contributed by atoms with Crippen LogP contribution in [0.15, 0.2) is 24.5 Å². The van der Waals surface area contributed by atoms with Crippen molar-refractivity contribution in [3.05, 3.63) is 40.4 Å². The van der Waals surface area contributed by atoms with Crippen molar-refractivity contribution in [3.8, 4) is 28.0 Å². The fourth-order valence-electron chi connectivity index (χ4n) is 5.78. The van der Waals surface area contributed by atoms with Gasteiger partial charge in [-0.3, -0.25) is 4.79 Å². The van der Waals surface area contributed by atoms with Crippen LogP contribution < -0.4 is 5.32 Å². The molecule has 3 aliphatic carbocycles. The first-order valence-electron chi connectivity index (χ1n) is 12.5. The number of carbonyl (C=O) groups is 1. The minimum Gasteiger partial charge on any atom is -0.466 e. The highest BCUT2D eigenvalue weighted by Crippen LogP contribution is 2.47. The number of aromatic nitrogens is 5. The Kier molecular flexibility index (Phi) is 6.45. The molecule has 12 heteroatoms. The molecule has 2 N–H and O–H groups in total. The summed E-state index contributed by atoms with van der Waals surface area (Å²) in [4.78, 5) is 34.7. The number of thiophene rings is 1. The molecule has 3 saturated carbocycles. The number of rotatable bonds is 6. The van der Waals surface area contributed by atoms with Crippen molar-refractivity contribution in [1.29, 1.82) is 5.26 Å². The Labute approximate surface area is 226 Å². The lowest BCUT2D eigenvalue weighted by atomic mass is 9.61. The Morgan fingerprint density at radius 2 is 2.05 bits per heavy atom. The van der Waals surface area contributed by atoms with E-state index in [9.17, 15) is 10.1 Å². The summed E-state index contributed by atoms with van der Waals surface area (Å²) in [6.07, 6.45) is 6.90. The van der Waals surface area contributed by atoms with E-state index < -0.39 is 5.82 Å². The number of carbonyl (C=O) groups excluding carboxylic acids is 1. The van der Waals surface area contributed by atoms with Gasteiger partial charge in [-0.2, -0.15) is 5.26 Å². The Hall–Kier alpha value is -3.62. The second-order valence-electron chi connectivity index (χ2n) is 9.55. The number of hydrogen-bond acceptors (Lipinski definition) is 9. The number of hydrogen-bond donors (Lipinski definition) is 2. The number of ether oxygens (including phenoxy) is 1. The number of aromatic amines is 1. The lowest BCUT2D eigenvalue weighted by Gasteiger charge is -2.47. The molecule has 4 aromatic heterocycles. The van der Waals surface area contributed by atoms with Crippen LogP contribution in [0.2, 0.25) is 5.15 Å². The van der Waals surface area contributed by atoms with Gasteiger partial charge < -0.3 is 15.0 Å². The zero-order valence-corrected chi connectivity index (χ0v) is 21.9. The van der Waals surface area contributed by atoms with Crippen LogP contribution in [-0.4, -0.2) is 43.5 Å². The maximum atomic E-state index is 16.1. The van der Waals surface area contributed by atoms with E-state index in [2.05, 4.69) is 36.3 Å². The summed E-state index contributed by atoms with van der Waals surface area (Å²) in [7, 11) is 0. The average molecular weight is 552 g/mol. The summed E-state index contributed by atoms with van der Waals surface area (Å²) in [6, 6.07) is 5.06. The quantitative estimate of drug-likeness (QED) is 0.297. The van der Waals surface area contributed by atoms with Crippen molar-refractivity contribution in [3.63, 3.8) is 0 Å². The number of esters is 1. The van der Waals surface area contributed by atoms with Crippen molar-refractivity contribution in [2.45, 2.75) is 38.6 Å². The van der Waals surface area contributed by atoms with Gasteiger partial charge in [0, 0.05) is 12.2 Å². The number of fused-ring (bicyclic) bond motifs is 4. The van der Waals surface area contributed by atoms with Crippen molar-refractivity contribution in [2.24, 2.45) is 17.8 Å². The van der Waals surface area contributed by atoms with Gasteiger partial charge in [-0.15, -0.1) is 11.3 Å². The summed E-state index contributed by atoms with van der Waals surface area (Å²) < 4.78 is 21.5. The fraction of sp³-hybridized carbons (Fsp3) is 0.385. The minimum absolute atomic E-state index is 0.00640. The van der Waals surface area contributed by atoms with Gasteiger partial charge in [-0.25, -0.2) is 24.3 Å². The monoisotopic (exact) mass is 551 g/mol. The number of nitrogens with zero attached hydrogens (tertiary/aromatic N) is 5. The van der Waals surface area contributed by atoms with Crippen LogP contribution >= 0.6 is 22.9 Å². The summed E-state index contributed by atoms with van der Waals surface area (Å²) >= 11 is 7.24. The van der Waals surface area contributed by atoms with Gasteiger partial charge in [0.2, 0.25) is 0 Å². The van der Waals surface area contributed by atoms with Crippen LogP contribution in [0.1, 0.15) is 37.5 Å². The SMILES string of the molecule is CCOC(=O)[C@@H]1C2CCC(CC2)[C@H]1Nc1nc(-c2c[nH]c3ncc(Cl)nc23)nc(-c2ccc(C#N)s2)c1F. The molecule has 3 aliphatic rings. The first kappa shape index (κ1) is 24.7. The summed E-state index contributed by atoms with van der Waals surface area (Å²) in [5, 5.41) is 12.8. The van der Waals surface area contributed by atoms with E-state index in [4.69, 9.17) is 16.3 Å². The summed E-state index contributed by atoms with van der Waals surface area (Å²) in [5.74, 6) is -0.697. The van der Waals surface area contributed by atoms with Crippen LogP contribution in [0.4, 0.5) is 10.2 Å². The second kappa shape index (κ2) is 9.93. The first-order chi connectivity index (χ1) is 18.5. The van der Waals surface area contributed by atoms with Crippen LogP contribution in [0.3, 0.4) is 0 Å². The largest absolute Gasteiger partial charge is 0.466 e. The lowest BCUT2D eigenvalue weighted by molar-refractivity contribution is -0.154. The molecule has 3 fully saturated rings. The highest BCUT2D eigenvalue weighted by Gasteiger charge is 2.48. The predicted octanol–water partition coefficient (Wildman–Crippen LogP) is 5.59. The van der Waals surface area contributed by atoms with E-state index in [1.54, 1.807) is 25.3 Å². The number of nitriles is 1. The second-order valence-corrected chi connectivity index (χ2v) is 11.0. The third-order valence-electron chi connectivity index (χ3n) is 7.47. The van der Waals surface area contributed by atoms with E-state index in [-0.39, 0.29) is 52.3 Å². The molecule has 194 valence electrons. The Balaban J connectivity index is 1.48. The molecule has 0 saturated heterocycles. The highest BCUT2D eigenvalue weighted by molar-refractivity contribution is 7.15. The first-order valence-corrected chi connectivity index (χ1v) is 13.7. The molecule has 0 aromatic carbocycles. The topological polar surface area (TPSA) is 129 Å². The van der Waals surface area contributed by atoms with Gasteiger partial charge in [0.25, 0.3) is 0 Å². The minimum atomic E-state index is -0.645. The third kappa shape index (κ3) is 4.27. The highest BCUT2D eigenvalue weighted by atomic mass is 35.5. The Bertz CT molecular complexity index is 1570. The number of anilines is 1. The van der Waals surface area contributed by atoms with Gasteiger partial charge >= 0.3 is 5.97 Å². The van der Waals surface area contributed by atoms with Crippen LogP contribution in [-0.2, 0) is 9.53 Å². The van der Waals surface area contributed by atoms with Gasteiger partial charge in [0.15, 0.2) is 23.1 Å². The predicted molar refractivity (Wildman–Crippen MR) is 141 cm³/mol. The molecular weight excluding hydrogens is 529 g/mol. The molecule has 0 amide bonds. The Morgan fingerprint density at radius 3 is 2.79 bits per heavy atom. The molecule has 2 atom stereocenters. The van der Waals surface area contributed by atoms with Crippen molar-refractivity contribution in [1.82, 2.24) is 24.9 Å². The maximum absolute atomic E-state index is 16.1. The molecule has 2 bridgehead atoms. The normalized spacial score (nSPS) is 22.4. The number of H-pyrrole nitrogens is 1. The average Bonchev–Trinajstić information content (AvgIpc) is 3.57. The van der Waals surface area contributed by atoms with Gasteiger partial charge in [0.1, 0.15) is 27.3 Å². The molecule has 0 spiro atoms.